The van der Waals surface area contributed by atoms with E-state index in [1.165, 1.54) is 32.1 Å². The first-order chi connectivity index (χ1) is 7.27. The summed E-state index contributed by atoms with van der Waals surface area (Å²) >= 11 is 0. The van der Waals surface area contributed by atoms with Crippen molar-refractivity contribution in [1.29, 1.82) is 0 Å². The fourth-order valence-electron chi connectivity index (χ4n) is 4.38. The molecule has 3 aliphatic carbocycles. The fraction of sp³-hybridized carbons (Fsp3) is 1.00. The van der Waals surface area contributed by atoms with Crippen LogP contribution < -0.4 is 0 Å². The molecule has 2 heteroatoms. The minimum Gasteiger partial charge on any atom is -0.0916 e. The van der Waals surface area contributed by atoms with Crippen LogP contribution in [0.3, 0.4) is 0 Å². The van der Waals surface area contributed by atoms with Gasteiger partial charge in [0.15, 0.2) is 0 Å². The van der Waals surface area contributed by atoms with E-state index in [9.17, 15) is 0 Å². The first-order valence-electron chi connectivity index (χ1n) is 6.85. The van der Waals surface area contributed by atoms with Gasteiger partial charge in [0, 0.05) is 0 Å². The van der Waals surface area contributed by atoms with Gasteiger partial charge in [-0.05, 0) is 54.8 Å². The van der Waals surface area contributed by atoms with Crippen molar-refractivity contribution in [2.45, 2.75) is 58.1 Å². The molecule has 0 aromatic heterocycles. The lowest BCUT2D eigenvalue weighted by Crippen LogP contribution is -2.44. The molecule has 0 aromatic rings. The molecular weight excluding hydrogens is 190 g/mol. The summed E-state index contributed by atoms with van der Waals surface area (Å²) in [7, 11) is 12.9. The van der Waals surface area contributed by atoms with E-state index < -0.39 is 5.21 Å². The average Bonchev–Trinajstić information content (AvgIpc) is 2.84. The normalized spacial score (nSPS) is 46.6. The van der Waals surface area contributed by atoms with Crippen LogP contribution in [0.5, 0.6) is 0 Å². The topological polar surface area (TPSA) is 0 Å². The van der Waals surface area contributed by atoms with E-state index in [0.29, 0.717) is 5.92 Å². The zero-order valence-corrected chi connectivity index (χ0v) is 10.9. The second-order valence-electron chi connectivity index (χ2n) is 7.72. The molecule has 4 unspecified atom stereocenters. The molecule has 3 saturated carbocycles. The zero-order valence-electron chi connectivity index (χ0n) is 10.9. The molecule has 0 amide bonds. The lowest BCUT2D eigenvalue weighted by atomic mass is 9.36. The van der Waals surface area contributed by atoms with E-state index in [-0.39, 0.29) is 5.41 Å². The Balaban J connectivity index is 1.77. The zero-order chi connectivity index (χ0) is 11.8. The van der Waals surface area contributed by atoms with Gasteiger partial charge >= 0.3 is 0 Å². The molecule has 16 heavy (non-hydrogen) atoms. The molecule has 0 N–H and O–H groups in total. The number of rotatable bonds is 1. The molecule has 3 fully saturated rings. The molecule has 4 radical (unpaired) electrons. The molecule has 1 spiro atoms. The van der Waals surface area contributed by atoms with E-state index in [1.807, 2.05) is 0 Å². The van der Waals surface area contributed by atoms with E-state index in [1.54, 1.807) is 0 Å². The maximum Gasteiger partial charge on any atom is 0.0631 e. The maximum absolute atomic E-state index is 6.46. The van der Waals surface area contributed by atoms with Crippen molar-refractivity contribution in [3.63, 3.8) is 0 Å². The summed E-state index contributed by atoms with van der Waals surface area (Å²) < 4.78 is 0. The minimum absolute atomic E-state index is 0.0102. The van der Waals surface area contributed by atoms with Gasteiger partial charge in [-0.25, -0.2) is 0 Å². The number of hydrogen-bond acceptors (Lipinski definition) is 0. The predicted octanol–water partition coefficient (Wildman–Crippen LogP) is 3.31. The molecule has 0 aromatic carbocycles. The first-order valence-corrected chi connectivity index (χ1v) is 6.85. The summed E-state index contributed by atoms with van der Waals surface area (Å²) in [6, 6.07) is 0. The molecule has 0 nitrogen and oxygen atoms in total. The van der Waals surface area contributed by atoms with Crippen LogP contribution in [-0.4, -0.2) is 15.7 Å². The van der Waals surface area contributed by atoms with Crippen LogP contribution >= 0.6 is 0 Å². The Bertz CT molecular complexity index is 315. The lowest BCUT2D eigenvalue weighted by Gasteiger charge is -2.53. The Hall–Kier alpha value is 0.130. The van der Waals surface area contributed by atoms with Gasteiger partial charge in [-0.1, -0.05) is 31.9 Å². The summed E-state index contributed by atoms with van der Waals surface area (Å²) in [5.41, 5.74) is 0.806. The van der Waals surface area contributed by atoms with Crippen LogP contribution in [0.4, 0.5) is 0 Å². The van der Waals surface area contributed by atoms with Crippen LogP contribution in [-0.2, 0) is 0 Å². The van der Waals surface area contributed by atoms with Crippen LogP contribution in [0.25, 0.3) is 0 Å². The van der Waals surface area contributed by atoms with Crippen molar-refractivity contribution in [3.8, 4) is 0 Å². The third-order valence-electron chi connectivity index (χ3n) is 6.16. The minimum atomic E-state index is -0.489. The molecular formula is C14H22B2. The van der Waals surface area contributed by atoms with Crippen molar-refractivity contribution >= 4 is 15.7 Å². The van der Waals surface area contributed by atoms with Crippen LogP contribution in [0, 0.1) is 28.6 Å². The molecule has 84 valence electrons. The van der Waals surface area contributed by atoms with Crippen molar-refractivity contribution in [1.82, 2.24) is 0 Å². The smallest absolute Gasteiger partial charge is 0.0631 e. The molecule has 0 bridgehead atoms. The highest BCUT2D eigenvalue weighted by atomic mass is 14.7. The second-order valence-corrected chi connectivity index (χ2v) is 7.72. The van der Waals surface area contributed by atoms with Crippen molar-refractivity contribution in [2.24, 2.45) is 28.6 Å². The van der Waals surface area contributed by atoms with Crippen LogP contribution in [0.1, 0.15) is 52.9 Å². The predicted molar refractivity (Wildman–Crippen MR) is 69.6 cm³/mol. The SMILES string of the molecule is [B]C([B])(C1CC2CCC23CC3C1)C(C)(C)C. The van der Waals surface area contributed by atoms with Crippen molar-refractivity contribution < 1.29 is 0 Å². The molecule has 0 heterocycles. The summed E-state index contributed by atoms with van der Waals surface area (Å²) in [5.74, 6) is 2.47. The van der Waals surface area contributed by atoms with Crippen molar-refractivity contribution in [2.75, 3.05) is 0 Å². The Morgan fingerprint density at radius 2 is 1.69 bits per heavy atom. The Labute approximate surface area is 103 Å². The van der Waals surface area contributed by atoms with Gasteiger partial charge < -0.3 is 0 Å². The second kappa shape index (κ2) is 2.93. The van der Waals surface area contributed by atoms with Gasteiger partial charge in [0.25, 0.3) is 0 Å². The van der Waals surface area contributed by atoms with Gasteiger partial charge in [0.05, 0.1) is 15.7 Å². The highest BCUT2D eigenvalue weighted by Gasteiger charge is 2.67. The molecule has 3 rings (SSSR count). The van der Waals surface area contributed by atoms with E-state index >= 15 is 0 Å². The molecule has 4 atom stereocenters. The molecule has 0 saturated heterocycles. The summed E-state index contributed by atoms with van der Waals surface area (Å²) in [6.07, 6.45) is 7.00. The summed E-state index contributed by atoms with van der Waals surface area (Å²) in [6.45, 7) is 6.55. The van der Waals surface area contributed by atoms with Gasteiger partial charge in [-0.15, -0.1) is 0 Å². The maximum atomic E-state index is 6.46. The quantitative estimate of drug-likeness (QED) is 0.584. The highest BCUT2D eigenvalue weighted by Crippen LogP contribution is 2.76. The molecule has 0 aliphatic heterocycles. The van der Waals surface area contributed by atoms with Crippen LogP contribution in [0.15, 0.2) is 0 Å². The van der Waals surface area contributed by atoms with E-state index in [2.05, 4.69) is 20.8 Å². The monoisotopic (exact) mass is 212 g/mol. The third-order valence-corrected chi connectivity index (χ3v) is 6.16. The third kappa shape index (κ3) is 1.25. The Morgan fingerprint density at radius 1 is 1.06 bits per heavy atom. The van der Waals surface area contributed by atoms with Gasteiger partial charge in [0.1, 0.15) is 0 Å². The fourth-order valence-corrected chi connectivity index (χ4v) is 4.38. The average molecular weight is 212 g/mol. The largest absolute Gasteiger partial charge is 0.0916 e. The van der Waals surface area contributed by atoms with Crippen LogP contribution in [0.2, 0.25) is 5.21 Å². The number of hydrogen-bond donors (Lipinski definition) is 0. The standard InChI is InChI=1S/C14H22B2/c1-12(2,3)14(15,16)10-6-9-4-5-13(9)8-11(13)7-10/h9-11H,4-8H2,1-3H3. The lowest BCUT2D eigenvalue weighted by molar-refractivity contribution is 0.0389. The van der Waals surface area contributed by atoms with E-state index in [4.69, 9.17) is 15.7 Å². The Kier molecular flexibility index (Phi) is 2.05. The molecule has 3 aliphatic rings. The Morgan fingerprint density at radius 3 is 2.12 bits per heavy atom. The van der Waals surface area contributed by atoms with Crippen molar-refractivity contribution in [3.05, 3.63) is 0 Å². The van der Waals surface area contributed by atoms with Gasteiger partial charge in [-0.3, -0.25) is 0 Å². The van der Waals surface area contributed by atoms with Gasteiger partial charge in [-0.2, -0.15) is 0 Å². The van der Waals surface area contributed by atoms with Gasteiger partial charge in [0.2, 0.25) is 0 Å². The summed E-state index contributed by atoms with van der Waals surface area (Å²) in [5, 5.41) is -0.489. The van der Waals surface area contributed by atoms with E-state index in [0.717, 1.165) is 17.3 Å². The highest BCUT2D eigenvalue weighted by molar-refractivity contribution is 6.40. The summed E-state index contributed by atoms with van der Waals surface area (Å²) in [4.78, 5) is 0. The first kappa shape index (κ1) is 11.2.